The summed E-state index contributed by atoms with van der Waals surface area (Å²) in [6.45, 7) is 4.07. The van der Waals surface area contributed by atoms with Gasteiger partial charge in [0.1, 0.15) is 0 Å². The zero-order valence-electron chi connectivity index (χ0n) is 14.5. The molecule has 27 heavy (non-hydrogen) atoms. The molecule has 0 spiro atoms. The standard InChI is InChI=1S/C16H17F3N4O3S/c1-3-27(24,25)20-6-7-23-9-10(2)12-8-11(4-5-13(12)23)14-21-15(26-22-14)16(17,18)19/h4-5,8-9,20H,3,6-7H2,1-2H3. The van der Waals surface area contributed by atoms with Crippen molar-refractivity contribution in [2.24, 2.45) is 0 Å². The van der Waals surface area contributed by atoms with Gasteiger partial charge < -0.3 is 9.09 Å². The molecule has 0 atom stereocenters. The summed E-state index contributed by atoms with van der Waals surface area (Å²) in [4.78, 5) is 3.39. The second kappa shape index (κ2) is 6.97. The number of hydrogen-bond donors (Lipinski definition) is 1. The molecule has 7 nitrogen and oxygen atoms in total. The van der Waals surface area contributed by atoms with Crippen LogP contribution in [0.4, 0.5) is 13.2 Å². The Bertz CT molecular complexity index is 1070. The van der Waals surface area contributed by atoms with E-state index in [-0.39, 0.29) is 18.1 Å². The number of alkyl halides is 3. The van der Waals surface area contributed by atoms with Crippen LogP contribution in [0.5, 0.6) is 0 Å². The van der Waals surface area contributed by atoms with Crippen molar-refractivity contribution in [2.45, 2.75) is 26.6 Å². The van der Waals surface area contributed by atoms with E-state index in [0.29, 0.717) is 12.1 Å². The van der Waals surface area contributed by atoms with Crippen LogP contribution in [-0.2, 0) is 22.7 Å². The highest BCUT2D eigenvalue weighted by Gasteiger charge is 2.38. The van der Waals surface area contributed by atoms with E-state index < -0.39 is 22.1 Å². The van der Waals surface area contributed by atoms with Gasteiger partial charge in [0.2, 0.25) is 15.8 Å². The number of halogens is 3. The Kier molecular flexibility index (Phi) is 5.00. The Morgan fingerprint density at radius 1 is 1.30 bits per heavy atom. The molecule has 1 N–H and O–H groups in total. The zero-order chi connectivity index (χ0) is 19.8. The molecular formula is C16H17F3N4O3S. The van der Waals surface area contributed by atoms with Gasteiger partial charge in [0.05, 0.1) is 5.75 Å². The Hall–Kier alpha value is -2.40. The highest BCUT2D eigenvalue weighted by atomic mass is 32.2. The van der Waals surface area contributed by atoms with Gasteiger partial charge >= 0.3 is 12.1 Å². The minimum absolute atomic E-state index is 0.00638. The van der Waals surface area contributed by atoms with E-state index in [4.69, 9.17) is 0 Å². The zero-order valence-corrected chi connectivity index (χ0v) is 15.4. The minimum Gasteiger partial charge on any atom is -0.346 e. The van der Waals surface area contributed by atoms with Crippen LogP contribution in [0.2, 0.25) is 0 Å². The number of aromatic nitrogens is 3. The summed E-state index contributed by atoms with van der Waals surface area (Å²) < 4.78 is 69.5. The molecule has 0 saturated heterocycles. The van der Waals surface area contributed by atoms with Crippen molar-refractivity contribution in [1.29, 1.82) is 0 Å². The van der Waals surface area contributed by atoms with Gasteiger partial charge in [-0.15, -0.1) is 0 Å². The SMILES string of the molecule is CCS(=O)(=O)NCCn1cc(C)c2cc(-c3noc(C(F)(F)F)n3)ccc21. The minimum atomic E-state index is -4.69. The van der Waals surface area contributed by atoms with E-state index in [9.17, 15) is 21.6 Å². The average Bonchev–Trinajstić information content (AvgIpc) is 3.20. The Balaban J connectivity index is 1.86. The molecule has 2 aromatic heterocycles. The van der Waals surface area contributed by atoms with Crippen LogP contribution >= 0.6 is 0 Å². The number of nitrogens with zero attached hydrogens (tertiary/aromatic N) is 3. The van der Waals surface area contributed by atoms with Crippen molar-refractivity contribution in [2.75, 3.05) is 12.3 Å². The lowest BCUT2D eigenvalue weighted by atomic mass is 10.1. The van der Waals surface area contributed by atoms with Crippen LogP contribution in [0.15, 0.2) is 28.9 Å². The van der Waals surface area contributed by atoms with Crippen molar-refractivity contribution in [3.63, 3.8) is 0 Å². The highest BCUT2D eigenvalue weighted by molar-refractivity contribution is 7.89. The normalized spacial score (nSPS) is 12.8. The van der Waals surface area contributed by atoms with Gasteiger partial charge in [0.15, 0.2) is 0 Å². The molecule has 1 aromatic carbocycles. The lowest BCUT2D eigenvalue weighted by Gasteiger charge is -2.07. The maximum atomic E-state index is 12.6. The molecule has 0 amide bonds. The molecule has 0 radical (unpaired) electrons. The van der Waals surface area contributed by atoms with Gasteiger partial charge in [-0.05, 0) is 37.6 Å². The topological polar surface area (TPSA) is 90.0 Å². The Morgan fingerprint density at radius 2 is 2.04 bits per heavy atom. The monoisotopic (exact) mass is 402 g/mol. The van der Waals surface area contributed by atoms with E-state index in [1.807, 2.05) is 17.7 Å². The molecule has 2 heterocycles. The van der Waals surface area contributed by atoms with Gasteiger partial charge in [-0.1, -0.05) is 5.16 Å². The molecule has 0 aliphatic rings. The predicted molar refractivity (Wildman–Crippen MR) is 92.4 cm³/mol. The van der Waals surface area contributed by atoms with Crippen molar-refractivity contribution in [3.05, 3.63) is 35.9 Å². The summed E-state index contributed by atoms with van der Waals surface area (Å²) in [6.07, 6.45) is -2.84. The first-order valence-electron chi connectivity index (χ1n) is 8.09. The molecule has 0 saturated carbocycles. The number of aryl methyl sites for hydroxylation is 1. The maximum absolute atomic E-state index is 12.6. The number of hydrogen-bond acceptors (Lipinski definition) is 5. The average molecular weight is 402 g/mol. The van der Waals surface area contributed by atoms with E-state index in [0.717, 1.165) is 16.5 Å². The van der Waals surface area contributed by atoms with E-state index in [2.05, 4.69) is 19.4 Å². The van der Waals surface area contributed by atoms with E-state index in [1.54, 1.807) is 25.1 Å². The lowest BCUT2D eigenvalue weighted by molar-refractivity contribution is -0.159. The summed E-state index contributed by atoms with van der Waals surface area (Å²) in [5.74, 6) is -1.53. The predicted octanol–water partition coefficient (Wildman–Crippen LogP) is 2.96. The number of sulfonamides is 1. The first kappa shape index (κ1) is 19.4. The molecule has 0 aliphatic carbocycles. The van der Waals surface area contributed by atoms with E-state index >= 15 is 0 Å². The Labute approximate surface area is 153 Å². The smallest absolute Gasteiger partial charge is 0.346 e. The summed E-state index contributed by atoms with van der Waals surface area (Å²) in [7, 11) is -3.27. The molecule has 0 aliphatic heterocycles. The van der Waals surface area contributed by atoms with Gasteiger partial charge in [-0.25, -0.2) is 13.1 Å². The van der Waals surface area contributed by atoms with Gasteiger partial charge in [0.25, 0.3) is 0 Å². The summed E-state index contributed by atoms with van der Waals surface area (Å²) in [5.41, 5.74) is 2.12. The van der Waals surface area contributed by atoms with Gasteiger partial charge in [-0.2, -0.15) is 18.2 Å². The number of nitrogens with one attached hydrogen (secondary N) is 1. The fourth-order valence-corrected chi connectivity index (χ4v) is 3.29. The quantitative estimate of drug-likeness (QED) is 0.685. The molecule has 0 fully saturated rings. The Morgan fingerprint density at radius 3 is 2.67 bits per heavy atom. The van der Waals surface area contributed by atoms with Crippen LogP contribution in [0.3, 0.4) is 0 Å². The third-order valence-corrected chi connectivity index (χ3v) is 5.47. The third-order valence-electron chi connectivity index (χ3n) is 4.06. The lowest BCUT2D eigenvalue weighted by Crippen LogP contribution is -2.28. The van der Waals surface area contributed by atoms with Crippen LogP contribution < -0.4 is 4.72 Å². The highest BCUT2D eigenvalue weighted by Crippen LogP contribution is 2.31. The van der Waals surface area contributed by atoms with Crippen molar-refractivity contribution in [1.82, 2.24) is 19.4 Å². The van der Waals surface area contributed by atoms with Crippen LogP contribution in [0, 0.1) is 6.92 Å². The fraction of sp³-hybridized carbons (Fsp3) is 0.375. The van der Waals surface area contributed by atoms with Gasteiger partial charge in [0, 0.05) is 35.8 Å². The number of rotatable bonds is 6. The third kappa shape index (κ3) is 4.14. The fourth-order valence-electron chi connectivity index (χ4n) is 2.68. The largest absolute Gasteiger partial charge is 0.471 e. The van der Waals surface area contributed by atoms with Crippen molar-refractivity contribution in [3.8, 4) is 11.4 Å². The summed E-state index contributed by atoms with van der Waals surface area (Å²) in [5, 5.41) is 4.20. The summed E-state index contributed by atoms with van der Waals surface area (Å²) in [6, 6.07) is 5.01. The second-order valence-corrected chi connectivity index (χ2v) is 8.05. The molecule has 146 valence electrons. The van der Waals surface area contributed by atoms with Gasteiger partial charge in [-0.3, -0.25) is 0 Å². The van der Waals surface area contributed by atoms with E-state index in [1.165, 1.54) is 0 Å². The summed E-state index contributed by atoms with van der Waals surface area (Å²) >= 11 is 0. The number of benzene rings is 1. The maximum Gasteiger partial charge on any atom is 0.471 e. The first-order valence-corrected chi connectivity index (χ1v) is 9.74. The van der Waals surface area contributed by atoms with Crippen molar-refractivity contribution >= 4 is 20.9 Å². The molecular weight excluding hydrogens is 385 g/mol. The molecule has 0 bridgehead atoms. The molecule has 11 heteroatoms. The molecule has 3 aromatic rings. The number of fused-ring (bicyclic) bond motifs is 1. The van der Waals surface area contributed by atoms with Crippen LogP contribution in [0.25, 0.3) is 22.3 Å². The van der Waals surface area contributed by atoms with Crippen LogP contribution in [-0.4, -0.2) is 35.4 Å². The van der Waals surface area contributed by atoms with Crippen molar-refractivity contribution < 1.29 is 26.1 Å². The molecule has 3 rings (SSSR count). The first-order chi connectivity index (χ1) is 12.6. The second-order valence-electron chi connectivity index (χ2n) is 5.96. The van der Waals surface area contributed by atoms with Crippen LogP contribution in [0.1, 0.15) is 18.4 Å². The molecule has 0 unspecified atom stereocenters.